The molecular weight excluding hydrogens is 302 g/mol. The van der Waals surface area contributed by atoms with Gasteiger partial charge in [0.05, 0.1) is 0 Å². The van der Waals surface area contributed by atoms with E-state index in [4.69, 9.17) is 0 Å². The first-order valence-corrected chi connectivity index (χ1v) is 6.73. The second kappa shape index (κ2) is 5.66. The fraction of sp³-hybridized carbons (Fsp3) is 0.917. The predicted octanol–water partition coefficient (Wildman–Crippen LogP) is 2.23. The Kier molecular flexibility index (Phi) is 4.41. The molecule has 1 heterocycles. The molecule has 1 saturated carbocycles. The highest BCUT2D eigenvalue weighted by atomic mass is 19.4. The van der Waals surface area contributed by atoms with Crippen LogP contribution in [0.25, 0.3) is 0 Å². The monoisotopic (exact) mass is 318 g/mol. The molecule has 1 aliphatic heterocycles. The maximum atomic E-state index is 12.4. The van der Waals surface area contributed by atoms with Gasteiger partial charge in [0.1, 0.15) is 0 Å². The third-order valence-corrected chi connectivity index (χ3v) is 4.22. The van der Waals surface area contributed by atoms with Crippen molar-refractivity contribution in [1.82, 2.24) is 10.6 Å². The number of hydrogen-bond acceptors (Lipinski definition) is 2. The van der Waals surface area contributed by atoms with Crippen LogP contribution in [0.2, 0.25) is 0 Å². The summed E-state index contributed by atoms with van der Waals surface area (Å²) in [4.78, 5) is 11.4. The lowest BCUT2D eigenvalue weighted by atomic mass is 9.79. The normalized spacial score (nSPS) is 30.3. The van der Waals surface area contributed by atoms with Gasteiger partial charge in [-0.15, -0.1) is 0 Å². The van der Waals surface area contributed by atoms with Gasteiger partial charge in [0.25, 0.3) is 0 Å². The smallest absolute Gasteiger partial charge is 0.353 e. The Hall–Kier alpha value is -0.990. The van der Waals surface area contributed by atoms with Gasteiger partial charge in [0, 0.05) is 6.04 Å². The first-order chi connectivity index (χ1) is 9.59. The lowest BCUT2D eigenvalue weighted by Crippen LogP contribution is -2.51. The number of carbonyl (C=O) groups is 1. The number of alkyl halides is 6. The van der Waals surface area contributed by atoms with Gasteiger partial charge in [0.2, 0.25) is 11.8 Å². The van der Waals surface area contributed by atoms with Crippen molar-refractivity contribution < 1.29 is 31.1 Å². The highest BCUT2D eigenvalue weighted by molar-refractivity contribution is 5.80. The molecule has 0 radical (unpaired) electrons. The zero-order chi connectivity index (χ0) is 15.8. The number of halogens is 6. The number of amides is 1. The van der Waals surface area contributed by atoms with E-state index in [1.807, 2.05) is 5.32 Å². The highest BCUT2D eigenvalue weighted by Crippen LogP contribution is 2.40. The Morgan fingerprint density at radius 2 is 1.57 bits per heavy atom. The van der Waals surface area contributed by atoms with Crippen LogP contribution < -0.4 is 10.6 Å². The predicted molar refractivity (Wildman–Crippen MR) is 61.2 cm³/mol. The lowest BCUT2D eigenvalue weighted by Gasteiger charge is -2.33. The minimum absolute atomic E-state index is 0.208. The molecule has 0 aromatic rings. The topological polar surface area (TPSA) is 41.1 Å². The van der Waals surface area contributed by atoms with Crippen LogP contribution in [0.1, 0.15) is 19.3 Å². The van der Waals surface area contributed by atoms with Crippen LogP contribution in [0.15, 0.2) is 0 Å². The summed E-state index contributed by atoms with van der Waals surface area (Å²) in [5, 5.41) is 5.07. The van der Waals surface area contributed by atoms with Gasteiger partial charge in [-0.3, -0.25) is 4.79 Å². The van der Waals surface area contributed by atoms with E-state index in [1.165, 1.54) is 0 Å². The Bertz CT molecular complexity index is 380. The van der Waals surface area contributed by atoms with Gasteiger partial charge in [-0.25, -0.2) is 0 Å². The van der Waals surface area contributed by atoms with Crippen molar-refractivity contribution in [2.75, 3.05) is 13.1 Å². The summed E-state index contributed by atoms with van der Waals surface area (Å²) in [7, 11) is 0. The van der Waals surface area contributed by atoms with Crippen LogP contribution in [0.5, 0.6) is 0 Å². The van der Waals surface area contributed by atoms with Crippen molar-refractivity contribution in [2.45, 2.75) is 37.7 Å². The molecule has 2 rings (SSSR count). The quantitative estimate of drug-likeness (QED) is 0.767. The molecule has 2 aliphatic rings. The molecule has 3 atom stereocenters. The maximum absolute atomic E-state index is 12.4. The maximum Gasteiger partial charge on any atom is 0.409 e. The highest BCUT2D eigenvalue weighted by Gasteiger charge is 2.61. The third-order valence-electron chi connectivity index (χ3n) is 4.22. The summed E-state index contributed by atoms with van der Waals surface area (Å²) < 4.78 is 74.7. The van der Waals surface area contributed by atoms with Gasteiger partial charge in [-0.1, -0.05) is 0 Å². The van der Waals surface area contributed by atoms with Crippen molar-refractivity contribution in [1.29, 1.82) is 0 Å². The Labute approximate surface area is 117 Å². The minimum Gasteiger partial charge on any atom is -0.353 e. The largest absolute Gasteiger partial charge is 0.409 e. The van der Waals surface area contributed by atoms with E-state index in [9.17, 15) is 31.1 Å². The number of rotatable bonds is 2. The van der Waals surface area contributed by atoms with Crippen molar-refractivity contribution in [2.24, 2.45) is 17.8 Å². The van der Waals surface area contributed by atoms with E-state index >= 15 is 0 Å². The molecule has 0 spiro atoms. The molecule has 2 N–H and O–H groups in total. The minimum atomic E-state index is -5.63. The van der Waals surface area contributed by atoms with E-state index in [-0.39, 0.29) is 5.92 Å². The first kappa shape index (κ1) is 16.4. The molecule has 1 amide bonds. The van der Waals surface area contributed by atoms with E-state index in [0.717, 1.165) is 6.54 Å². The number of nitrogens with one attached hydrogen (secondary N) is 2. The van der Waals surface area contributed by atoms with E-state index < -0.39 is 30.2 Å². The van der Waals surface area contributed by atoms with Gasteiger partial charge >= 0.3 is 12.4 Å². The van der Waals surface area contributed by atoms with Crippen molar-refractivity contribution in [3.8, 4) is 0 Å². The molecule has 1 aliphatic carbocycles. The van der Waals surface area contributed by atoms with Crippen LogP contribution in [0, 0.1) is 17.8 Å². The summed E-state index contributed by atoms with van der Waals surface area (Å²) in [6, 6.07) is -0.620. The number of carbonyl (C=O) groups excluding carboxylic acids is 1. The molecule has 1 saturated heterocycles. The first-order valence-electron chi connectivity index (χ1n) is 6.73. The molecule has 0 aromatic carbocycles. The van der Waals surface area contributed by atoms with Crippen LogP contribution in [-0.2, 0) is 4.79 Å². The molecule has 2 fully saturated rings. The van der Waals surface area contributed by atoms with Gasteiger partial charge in [0.15, 0.2) is 0 Å². The summed E-state index contributed by atoms with van der Waals surface area (Å²) in [6.07, 6.45) is -9.73. The summed E-state index contributed by atoms with van der Waals surface area (Å²) >= 11 is 0. The fourth-order valence-corrected chi connectivity index (χ4v) is 3.20. The Morgan fingerprint density at radius 1 is 1.00 bits per heavy atom. The molecule has 0 aromatic heterocycles. The van der Waals surface area contributed by atoms with Crippen molar-refractivity contribution in [3.05, 3.63) is 0 Å². The van der Waals surface area contributed by atoms with Crippen LogP contribution in [-0.4, -0.2) is 37.4 Å². The van der Waals surface area contributed by atoms with E-state index in [1.54, 1.807) is 0 Å². The van der Waals surface area contributed by atoms with E-state index in [0.29, 0.717) is 31.7 Å². The lowest BCUT2D eigenvalue weighted by molar-refractivity contribution is -0.274. The third kappa shape index (κ3) is 3.81. The SMILES string of the molecule is O=C(NC1CC[C@H]2CNC[C@H]2C1)C(C(F)(F)F)C(F)(F)F. The molecule has 1 unspecified atom stereocenters. The molecule has 122 valence electrons. The summed E-state index contributed by atoms with van der Waals surface area (Å²) in [5.74, 6) is -5.34. The standard InChI is InChI=1S/C12H16F6N2O/c13-11(14,15)9(12(16,17)18)10(21)20-8-2-1-6-4-19-5-7(6)3-8/h6-9,19H,1-5H2,(H,20,21)/t6-,7+,8?/m0/s1. The molecule has 0 bridgehead atoms. The number of hydrogen-bond donors (Lipinski definition) is 2. The Balaban J connectivity index is 1.99. The van der Waals surface area contributed by atoms with Gasteiger partial charge in [-0.05, 0) is 44.2 Å². The summed E-state index contributed by atoms with van der Waals surface area (Å²) in [5.41, 5.74) is 0. The average Bonchev–Trinajstić information content (AvgIpc) is 2.71. The van der Waals surface area contributed by atoms with Crippen LogP contribution >= 0.6 is 0 Å². The molecule has 3 nitrogen and oxygen atoms in total. The van der Waals surface area contributed by atoms with Crippen molar-refractivity contribution >= 4 is 5.91 Å². The van der Waals surface area contributed by atoms with Crippen molar-refractivity contribution in [3.63, 3.8) is 0 Å². The van der Waals surface area contributed by atoms with Gasteiger partial charge < -0.3 is 10.6 Å². The zero-order valence-electron chi connectivity index (χ0n) is 11.0. The fourth-order valence-electron chi connectivity index (χ4n) is 3.20. The summed E-state index contributed by atoms with van der Waals surface area (Å²) in [6.45, 7) is 1.51. The zero-order valence-corrected chi connectivity index (χ0v) is 11.0. The second-order valence-electron chi connectivity index (χ2n) is 5.71. The number of fused-ring (bicyclic) bond motifs is 1. The second-order valence-corrected chi connectivity index (χ2v) is 5.71. The van der Waals surface area contributed by atoms with Crippen LogP contribution in [0.4, 0.5) is 26.3 Å². The van der Waals surface area contributed by atoms with E-state index in [2.05, 4.69) is 5.32 Å². The molecule has 21 heavy (non-hydrogen) atoms. The van der Waals surface area contributed by atoms with Gasteiger partial charge in [-0.2, -0.15) is 26.3 Å². The molecular formula is C12H16F6N2O. The average molecular weight is 318 g/mol. The molecule has 9 heteroatoms. The Morgan fingerprint density at radius 3 is 2.14 bits per heavy atom. The van der Waals surface area contributed by atoms with Crippen LogP contribution in [0.3, 0.4) is 0 Å².